The third-order valence-electron chi connectivity index (χ3n) is 2.22. The van der Waals surface area contributed by atoms with Crippen LogP contribution in [0.2, 0.25) is 10.0 Å². The third kappa shape index (κ3) is 2.55. The Hall–Kier alpha value is -1.79. The zero-order valence-corrected chi connectivity index (χ0v) is 10.9. The van der Waals surface area contributed by atoms with E-state index in [1.807, 2.05) is 0 Å². The van der Waals surface area contributed by atoms with Crippen LogP contribution in [0.25, 0.3) is 0 Å². The molecule has 0 saturated carbocycles. The molecule has 0 bridgehead atoms. The van der Waals surface area contributed by atoms with E-state index in [1.165, 1.54) is 10.9 Å². The number of halogens is 2. The molecule has 1 heterocycles. The van der Waals surface area contributed by atoms with Crippen molar-refractivity contribution >= 4 is 35.4 Å². The first kappa shape index (κ1) is 12.7. The Morgan fingerprint density at radius 2 is 2.17 bits per heavy atom. The number of nitrogen functional groups attached to an aromatic ring is 1. The van der Waals surface area contributed by atoms with Gasteiger partial charge in [0.1, 0.15) is 0 Å². The Morgan fingerprint density at radius 3 is 2.83 bits per heavy atom. The van der Waals surface area contributed by atoms with Crippen molar-refractivity contribution in [2.24, 2.45) is 5.10 Å². The van der Waals surface area contributed by atoms with Crippen LogP contribution in [-0.4, -0.2) is 21.1 Å². The molecule has 0 fully saturated rings. The molecule has 2 aromatic rings. The van der Waals surface area contributed by atoms with E-state index >= 15 is 0 Å². The minimum atomic E-state index is 0.335. The quantitative estimate of drug-likeness (QED) is 0.514. The van der Waals surface area contributed by atoms with Crippen LogP contribution in [-0.2, 0) is 0 Å². The summed E-state index contributed by atoms with van der Waals surface area (Å²) in [6.07, 6.45) is 1.53. The number of nitrogens with one attached hydrogen (secondary N) is 1. The lowest BCUT2D eigenvalue weighted by molar-refractivity contribution is 0.926. The number of hydrogen-bond acceptors (Lipinski definition) is 5. The summed E-state index contributed by atoms with van der Waals surface area (Å²) in [6.45, 7) is 1.73. The highest BCUT2D eigenvalue weighted by Gasteiger charge is 2.04. The van der Waals surface area contributed by atoms with E-state index in [0.717, 1.165) is 0 Å². The van der Waals surface area contributed by atoms with Gasteiger partial charge in [-0.3, -0.25) is 0 Å². The van der Waals surface area contributed by atoms with E-state index in [1.54, 1.807) is 25.1 Å². The highest BCUT2D eigenvalue weighted by molar-refractivity contribution is 6.43. The molecular weight excluding hydrogens is 275 g/mol. The molecule has 18 heavy (non-hydrogen) atoms. The van der Waals surface area contributed by atoms with Gasteiger partial charge in [-0.1, -0.05) is 35.3 Å². The lowest BCUT2D eigenvalue weighted by Crippen LogP contribution is -2.13. The van der Waals surface area contributed by atoms with E-state index in [4.69, 9.17) is 29.0 Å². The van der Waals surface area contributed by atoms with Crippen molar-refractivity contribution in [2.75, 3.05) is 11.3 Å². The average molecular weight is 285 g/mol. The molecule has 2 rings (SSSR count). The van der Waals surface area contributed by atoms with E-state index in [0.29, 0.717) is 27.4 Å². The monoisotopic (exact) mass is 284 g/mol. The molecule has 0 aliphatic carbocycles. The molecule has 0 unspecified atom stereocenters. The van der Waals surface area contributed by atoms with Crippen LogP contribution in [0.15, 0.2) is 23.3 Å². The van der Waals surface area contributed by atoms with Gasteiger partial charge in [0.25, 0.3) is 5.95 Å². The van der Waals surface area contributed by atoms with Gasteiger partial charge in [0.2, 0.25) is 0 Å². The van der Waals surface area contributed by atoms with Crippen molar-refractivity contribution in [1.82, 2.24) is 14.9 Å². The number of aryl methyl sites for hydroxylation is 1. The maximum absolute atomic E-state index is 6.00. The standard InChI is InChI=1S/C10H10Cl2N6/c1-6-15-17-10(18(6)13)16-14-5-7-3-2-4-8(11)9(7)12/h2-5H,13H2,1H3,(H,16,17). The summed E-state index contributed by atoms with van der Waals surface area (Å²) < 4.78 is 1.29. The minimum Gasteiger partial charge on any atom is -0.335 e. The molecule has 94 valence electrons. The normalized spacial score (nSPS) is 11.1. The van der Waals surface area contributed by atoms with Crippen LogP contribution < -0.4 is 11.3 Å². The molecule has 0 amide bonds. The van der Waals surface area contributed by atoms with E-state index in [9.17, 15) is 0 Å². The second kappa shape index (κ2) is 5.24. The number of rotatable bonds is 3. The summed E-state index contributed by atoms with van der Waals surface area (Å²) in [6, 6.07) is 5.28. The van der Waals surface area contributed by atoms with Crippen molar-refractivity contribution in [3.8, 4) is 0 Å². The summed E-state index contributed by atoms with van der Waals surface area (Å²) in [5.74, 6) is 6.56. The predicted molar refractivity (Wildman–Crippen MR) is 72.6 cm³/mol. The van der Waals surface area contributed by atoms with E-state index in [-0.39, 0.29) is 0 Å². The number of aromatic nitrogens is 3. The largest absolute Gasteiger partial charge is 0.335 e. The topological polar surface area (TPSA) is 81.1 Å². The molecular formula is C10H10Cl2N6. The fourth-order valence-electron chi connectivity index (χ4n) is 1.23. The minimum absolute atomic E-state index is 0.335. The summed E-state index contributed by atoms with van der Waals surface area (Å²) in [5, 5.41) is 12.4. The fraction of sp³-hybridized carbons (Fsp3) is 0.100. The summed E-state index contributed by atoms with van der Waals surface area (Å²) in [7, 11) is 0. The molecule has 3 N–H and O–H groups in total. The smallest absolute Gasteiger partial charge is 0.263 e. The number of nitrogens with zero attached hydrogens (tertiary/aromatic N) is 4. The first-order valence-corrected chi connectivity index (χ1v) is 5.75. The molecule has 0 aliphatic rings. The second-order valence-corrected chi connectivity index (χ2v) is 4.24. The number of anilines is 1. The molecule has 0 spiro atoms. The predicted octanol–water partition coefficient (Wildman–Crippen LogP) is 2.05. The first-order chi connectivity index (χ1) is 8.59. The molecule has 0 saturated heterocycles. The third-order valence-corrected chi connectivity index (χ3v) is 3.05. The Bertz CT molecular complexity index is 592. The Kier molecular flexibility index (Phi) is 3.69. The Morgan fingerprint density at radius 1 is 1.39 bits per heavy atom. The van der Waals surface area contributed by atoms with Gasteiger partial charge < -0.3 is 5.84 Å². The highest BCUT2D eigenvalue weighted by Crippen LogP contribution is 2.24. The van der Waals surface area contributed by atoms with Crippen molar-refractivity contribution in [3.05, 3.63) is 39.6 Å². The van der Waals surface area contributed by atoms with Gasteiger partial charge in [0.15, 0.2) is 5.82 Å². The maximum atomic E-state index is 6.00. The molecule has 8 heteroatoms. The molecule has 1 aromatic carbocycles. The van der Waals surface area contributed by atoms with Crippen molar-refractivity contribution < 1.29 is 0 Å². The van der Waals surface area contributed by atoms with Crippen molar-refractivity contribution in [1.29, 1.82) is 0 Å². The van der Waals surface area contributed by atoms with Gasteiger partial charge in [-0.25, -0.2) is 10.1 Å². The highest BCUT2D eigenvalue weighted by atomic mass is 35.5. The number of hydrazone groups is 1. The van der Waals surface area contributed by atoms with Crippen LogP contribution in [0.3, 0.4) is 0 Å². The average Bonchev–Trinajstić information content (AvgIpc) is 2.66. The summed E-state index contributed by atoms with van der Waals surface area (Å²) >= 11 is 11.9. The zero-order valence-electron chi connectivity index (χ0n) is 9.43. The molecule has 0 aliphatic heterocycles. The SMILES string of the molecule is Cc1nnc(NN=Cc2cccc(Cl)c2Cl)n1N. The van der Waals surface area contributed by atoms with Gasteiger partial charge in [-0.15, -0.1) is 10.2 Å². The first-order valence-electron chi connectivity index (χ1n) is 5.00. The lowest BCUT2D eigenvalue weighted by atomic mass is 10.2. The van der Waals surface area contributed by atoms with Gasteiger partial charge >= 0.3 is 0 Å². The van der Waals surface area contributed by atoms with Crippen molar-refractivity contribution in [3.63, 3.8) is 0 Å². The number of hydrogen-bond donors (Lipinski definition) is 2. The molecule has 1 aromatic heterocycles. The van der Waals surface area contributed by atoms with E-state index < -0.39 is 0 Å². The zero-order chi connectivity index (χ0) is 13.1. The van der Waals surface area contributed by atoms with Crippen LogP contribution in [0.5, 0.6) is 0 Å². The van der Waals surface area contributed by atoms with Crippen LogP contribution in [0.4, 0.5) is 5.95 Å². The number of benzene rings is 1. The van der Waals surface area contributed by atoms with Crippen LogP contribution in [0.1, 0.15) is 11.4 Å². The maximum Gasteiger partial charge on any atom is 0.263 e. The van der Waals surface area contributed by atoms with Crippen molar-refractivity contribution in [2.45, 2.75) is 6.92 Å². The summed E-state index contributed by atoms with van der Waals surface area (Å²) in [4.78, 5) is 0. The molecule has 6 nitrogen and oxygen atoms in total. The van der Waals surface area contributed by atoms with E-state index in [2.05, 4.69) is 20.7 Å². The Labute approximate surface area is 113 Å². The van der Waals surface area contributed by atoms with Gasteiger partial charge in [0.05, 0.1) is 16.3 Å². The molecule has 0 radical (unpaired) electrons. The Balaban J connectivity index is 2.12. The summed E-state index contributed by atoms with van der Waals surface area (Å²) in [5.41, 5.74) is 3.35. The number of nitrogens with two attached hydrogens (primary N) is 1. The van der Waals surface area contributed by atoms with Gasteiger partial charge in [0, 0.05) is 5.56 Å². The van der Waals surface area contributed by atoms with Gasteiger partial charge in [-0.2, -0.15) is 5.10 Å². The van der Waals surface area contributed by atoms with Crippen LogP contribution >= 0.6 is 23.2 Å². The van der Waals surface area contributed by atoms with Gasteiger partial charge in [-0.05, 0) is 13.0 Å². The van der Waals surface area contributed by atoms with Crippen LogP contribution in [0, 0.1) is 6.92 Å². The lowest BCUT2D eigenvalue weighted by Gasteiger charge is -2.01. The second-order valence-electron chi connectivity index (χ2n) is 3.45. The fourth-order valence-corrected chi connectivity index (χ4v) is 1.58. The molecule has 0 atom stereocenters.